The zero-order valence-corrected chi connectivity index (χ0v) is 16.4. The minimum Gasteiger partial charge on any atom is -0.432 e. The molecule has 3 aromatic heterocycles. The van der Waals surface area contributed by atoms with E-state index in [1.165, 1.54) is 11.1 Å². The second-order valence-electron chi connectivity index (χ2n) is 8.48. The summed E-state index contributed by atoms with van der Waals surface area (Å²) in [5.74, 6) is 0.892. The molecule has 1 fully saturated rings. The summed E-state index contributed by atoms with van der Waals surface area (Å²) in [5, 5.41) is 1.03. The fourth-order valence-corrected chi connectivity index (χ4v) is 4.28. The quantitative estimate of drug-likeness (QED) is 0.698. The molecule has 3 aromatic rings. The zero-order valence-electron chi connectivity index (χ0n) is 16.4. The van der Waals surface area contributed by atoms with Crippen molar-refractivity contribution in [3.63, 3.8) is 0 Å². The highest BCUT2D eigenvalue weighted by Crippen LogP contribution is 2.39. The van der Waals surface area contributed by atoms with Crippen LogP contribution in [0.3, 0.4) is 0 Å². The Balaban J connectivity index is 1.73. The van der Waals surface area contributed by atoms with Crippen molar-refractivity contribution in [2.45, 2.75) is 39.4 Å². The molecule has 0 unspecified atom stereocenters. The molecule has 0 bridgehead atoms. The van der Waals surface area contributed by atoms with Crippen LogP contribution in [0.4, 0.5) is 5.82 Å². The molecule has 27 heavy (non-hydrogen) atoms. The number of nitrogens with one attached hydrogen (secondary N) is 1. The van der Waals surface area contributed by atoms with E-state index >= 15 is 0 Å². The predicted octanol–water partition coefficient (Wildman–Crippen LogP) is 1.27. The van der Waals surface area contributed by atoms with Crippen molar-refractivity contribution < 1.29 is 14.1 Å². The third-order valence-corrected chi connectivity index (χ3v) is 5.93. The molecular weight excluding hydrogens is 342 g/mol. The van der Waals surface area contributed by atoms with Gasteiger partial charge in [0.25, 0.3) is 0 Å². The number of fused-ring (bicyclic) bond motifs is 5. The van der Waals surface area contributed by atoms with Gasteiger partial charge in [0.1, 0.15) is 11.8 Å². The third kappa shape index (κ3) is 2.68. The Morgan fingerprint density at radius 1 is 1.15 bits per heavy atom. The van der Waals surface area contributed by atoms with Crippen LogP contribution in [0.5, 0.6) is 0 Å². The molecule has 0 atom stereocenters. The monoisotopic (exact) mass is 368 g/mol. The van der Waals surface area contributed by atoms with Crippen molar-refractivity contribution in [2.75, 3.05) is 38.1 Å². The van der Waals surface area contributed by atoms with Crippen LogP contribution in [0.25, 0.3) is 22.2 Å². The second-order valence-corrected chi connectivity index (χ2v) is 8.48. The molecule has 2 aliphatic heterocycles. The first kappa shape index (κ1) is 16.9. The van der Waals surface area contributed by atoms with E-state index in [1.807, 2.05) is 6.92 Å². The molecule has 2 aliphatic rings. The third-order valence-electron chi connectivity index (χ3n) is 5.93. The number of furan rings is 1. The largest absolute Gasteiger partial charge is 0.432 e. The average Bonchev–Trinajstić information content (AvgIpc) is 3.00. The number of hydrogen-bond acceptors (Lipinski definition) is 6. The maximum Gasteiger partial charge on any atom is 0.229 e. The number of rotatable bonds is 1. The minimum atomic E-state index is -0.201. The van der Waals surface area contributed by atoms with Gasteiger partial charge < -0.3 is 19.0 Å². The van der Waals surface area contributed by atoms with Crippen molar-refractivity contribution >= 4 is 28.0 Å². The summed E-state index contributed by atoms with van der Waals surface area (Å²) in [6.07, 6.45) is 2.49. The molecule has 7 nitrogen and oxygen atoms in total. The fraction of sp³-hybridized carbons (Fsp3) is 0.550. The lowest BCUT2D eigenvalue weighted by atomic mass is 9.89. The second kappa shape index (κ2) is 5.87. The number of aromatic nitrogens is 3. The lowest BCUT2D eigenvalue weighted by molar-refractivity contribution is -0.880. The highest BCUT2D eigenvalue weighted by molar-refractivity contribution is 6.06. The summed E-state index contributed by atoms with van der Waals surface area (Å²) in [6.45, 7) is 11.0. The molecule has 1 saturated heterocycles. The number of nitrogens with zero attached hydrogens (tertiary/aromatic N) is 4. The molecule has 0 radical (unpaired) electrons. The predicted molar refractivity (Wildman–Crippen MR) is 103 cm³/mol. The van der Waals surface area contributed by atoms with Gasteiger partial charge in [-0.15, -0.1) is 0 Å². The van der Waals surface area contributed by atoms with Gasteiger partial charge in [-0.3, -0.25) is 0 Å². The van der Waals surface area contributed by atoms with Crippen LogP contribution in [-0.4, -0.2) is 53.8 Å². The van der Waals surface area contributed by atoms with Crippen molar-refractivity contribution in [2.24, 2.45) is 0 Å². The maximum atomic E-state index is 6.25. The number of pyridine rings is 1. The summed E-state index contributed by atoms with van der Waals surface area (Å²) in [6, 6.07) is 0. The van der Waals surface area contributed by atoms with Gasteiger partial charge in [0.2, 0.25) is 5.71 Å². The maximum absolute atomic E-state index is 6.25. The van der Waals surface area contributed by atoms with E-state index in [-0.39, 0.29) is 5.60 Å². The van der Waals surface area contributed by atoms with Gasteiger partial charge in [0.05, 0.1) is 50.8 Å². The SMILES string of the molecule is Cc1nc2oc3c(N4CC[NH+](C)CC4)ncnc3c2c2c1COC(C)(C)C2. The van der Waals surface area contributed by atoms with E-state index in [1.54, 1.807) is 11.2 Å². The summed E-state index contributed by atoms with van der Waals surface area (Å²) in [4.78, 5) is 17.8. The van der Waals surface area contributed by atoms with Gasteiger partial charge >= 0.3 is 0 Å². The Kier molecular flexibility index (Phi) is 3.67. The first-order valence-corrected chi connectivity index (χ1v) is 9.69. The molecular formula is C20H26N5O2+. The topological polar surface area (TPSA) is 68.7 Å². The Bertz CT molecular complexity index is 1030. The number of aryl methyl sites for hydroxylation is 1. The van der Waals surface area contributed by atoms with Crippen molar-refractivity contribution in [1.82, 2.24) is 15.0 Å². The van der Waals surface area contributed by atoms with E-state index in [4.69, 9.17) is 14.1 Å². The van der Waals surface area contributed by atoms with Gasteiger partial charge in [0.15, 0.2) is 11.4 Å². The highest BCUT2D eigenvalue weighted by atomic mass is 16.5. The summed E-state index contributed by atoms with van der Waals surface area (Å²) >= 11 is 0. The zero-order chi connectivity index (χ0) is 18.8. The molecule has 5 rings (SSSR count). The number of ether oxygens (including phenoxy) is 1. The first-order valence-electron chi connectivity index (χ1n) is 9.69. The van der Waals surface area contributed by atoms with E-state index in [2.05, 4.69) is 35.8 Å². The molecule has 0 spiro atoms. The van der Waals surface area contributed by atoms with E-state index in [9.17, 15) is 0 Å². The van der Waals surface area contributed by atoms with Crippen LogP contribution in [0, 0.1) is 6.92 Å². The molecule has 142 valence electrons. The smallest absolute Gasteiger partial charge is 0.229 e. The van der Waals surface area contributed by atoms with Gasteiger partial charge in [-0.05, 0) is 26.3 Å². The van der Waals surface area contributed by atoms with Gasteiger partial charge in [-0.2, -0.15) is 0 Å². The Morgan fingerprint density at radius 2 is 1.93 bits per heavy atom. The highest BCUT2D eigenvalue weighted by Gasteiger charge is 2.32. The lowest BCUT2D eigenvalue weighted by Gasteiger charge is -2.32. The van der Waals surface area contributed by atoms with Crippen LogP contribution >= 0.6 is 0 Å². The van der Waals surface area contributed by atoms with Gasteiger partial charge in [-0.1, -0.05) is 0 Å². The Hall–Kier alpha value is -2.25. The van der Waals surface area contributed by atoms with Gasteiger partial charge in [-0.25, -0.2) is 15.0 Å². The number of hydrogen-bond donors (Lipinski definition) is 1. The van der Waals surface area contributed by atoms with Crippen LogP contribution < -0.4 is 9.80 Å². The number of quaternary nitrogens is 1. The van der Waals surface area contributed by atoms with Crippen molar-refractivity contribution in [1.29, 1.82) is 0 Å². The molecule has 5 heterocycles. The van der Waals surface area contributed by atoms with Crippen LogP contribution in [-0.2, 0) is 17.8 Å². The average molecular weight is 368 g/mol. The van der Waals surface area contributed by atoms with Crippen molar-refractivity contribution in [3.05, 3.63) is 23.1 Å². The molecule has 0 aromatic carbocycles. The fourth-order valence-electron chi connectivity index (χ4n) is 4.28. The standard InChI is InChI=1S/C20H25N5O2/c1-12-14-10-26-20(2,3)9-13(14)15-16-17(27-19(15)23-12)18(22-11-21-16)25-7-5-24(4)6-8-25/h11H,5-10H2,1-4H3/p+1. The van der Waals surface area contributed by atoms with Crippen LogP contribution in [0.2, 0.25) is 0 Å². The van der Waals surface area contributed by atoms with E-state index < -0.39 is 0 Å². The molecule has 0 amide bonds. The number of anilines is 1. The first-order chi connectivity index (χ1) is 12.9. The normalized spacial score (nSPS) is 20.4. The minimum absolute atomic E-state index is 0.201. The molecule has 0 aliphatic carbocycles. The summed E-state index contributed by atoms with van der Waals surface area (Å²) in [7, 11) is 2.23. The molecule has 1 N–H and O–H groups in total. The van der Waals surface area contributed by atoms with Crippen molar-refractivity contribution in [3.8, 4) is 0 Å². The molecule has 0 saturated carbocycles. The summed E-state index contributed by atoms with van der Waals surface area (Å²) < 4.78 is 12.3. The van der Waals surface area contributed by atoms with Crippen LogP contribution in [0.15, 0.2) is 10.7 Å². The number of likely N-dealkylation sites (N-methyl/N-ethyl adjacent to an activating group) is 1. The van der Waals surface area contributed by atoms with Gasteiger partial charge in [0, 0.05) is 17.7 Å². The summed E-state index contributed by atoms with van der Waals surface area (Å²) in [5.41, 5.74) is 5.52. The number of piperazine rings is 1. The van der Waals surface area contributed by atoms with Crippen LogP contribution in [0.1, 0.15) is 30.7 Å². The van der Waals surface area contributed by atoms with E-state index in [0.29, 0.717) is 12.3 Å². The lowest BCUT2D eigenvalue weighted by Crippen LogP contribution is -3.12. The van der Waals surface area contributed by atoms with E-state index in [0.717, 1.165) is 60.6 Å². The Labute approximate surface area is 158 Å². The Morgan fingerprint density at radius 3 is 2.70 bits per heavy atom. The molecule has 7 heteroatoms.